The van der Waals surface area contributed by atoms with Crippen molar-refractivity contribution >= 4 is 24.0 Å². The van der Waals surface area contributed by atoms with Gasteiger partial charge in [0.1, 0.15) is 0 Å². The molecule has 96 valence electrons. The number of ether oxygens (including phenoxy) is 1. The summed E-state index contributed by atoms with van der Waals surface area (Å²) in [5.41, 5.74) is 1.33. The summed E-state index contributed by atoms with van der Waals surface area (Å²) < 4.78 is 5.51. The lowest BCUT2D eigenvalue weighted by Gasteiger charge is -2.34. The summed E-state index contributed by atoms with van der Waals surface area (Å²) in [6, 6.07) is 8.61. The van der Waals surface area contributed by atoms with E-state index in [9.17, 15) is 0 Å². The summed E-state index contributed by atoms with van der Waals surface area (Å²) in [5, 5.41) is 0.800. The van der Waals surface area contributed by atoms with Gasteiger partial charge in [0.05, 0.1) is 6.73 Å². The standard InChI is InChI=1S/C13H18ClNO.ClH/c1-2-13(15-8-3-9-16-10-15)11-4-6-12(14)7-5-11;/h4-7,13H,2-3,8-10H2,1H3;1H. The van der Waals surface area contributed by atoms with Crippen LogP contribution >= 0.6 is 24.0 Å². The Bertz CT molecular complexity index is 323. The SMILES string of the molecule is CCC(c1ccc(Cl)cc1)N1CCCOC1.Cl. The van der Waals surface area contributed by atoms with Crippen LogP contribution in [0.15, 0.2) is 24.3 Å². The molecule has 1 aliphatic rings. The molecule has 0 radical (unpaired) electrons. The zero-order valence-corrected chi connectivity index (χ0v) is 11.6. The molecule has 17 heavy (non-hydrogen) atoms. The molecule has 2 nitrogen and oxygen atoms in total. The molecule has 1 fully saturated rings. The zero-order chi connectivity index (χ0) is 11.4. The Hall–Kier alpha value is -0.280. The highest BCUT2D eigenvalue weighted by atomic mass is 35.5. The van der Waals surface area contributed by atoms with Crippen molar-refractivity contribution in [2.24, 2.45) is 0 Å². The van der Waals surface area contributed by atoms with Gasteiger partial charge in [-0.3, -0.25) is 4.90 Å². The van der Waals surface area contributed by atoms with Gasteiger partial charge in [0, 0.05) is 24.2 Å². The Morgan fingerprint density at radius 2 is 2.06 bits per heavy atom. The molecule has 2 rings (SSSR count). The predicted octanol–water partition coefficient (Wildman–Crippen LogP) is 3.89. The van der Waals surface area contributed by atoms with E-state index in [2.05, 4.69) is 24.0 Å². The van der Waals surface area contributed by atoms with Gasteiger partial charge in [0.2, 0.25) is 0 Å². The molecule has 0 bridgehead atoms. The Labute approximate surface area is 114 Å². The molecule has 1 heterocycles. The smallest absolute Gasteiger partial charge is 0.0995 e. The summed E-state index contributed by atoms with van der Waals surface area (Å²) >= 11 is 5.91. The number of benzene rings is 1. The van der Waals surface area contributed by atoms with Gasteiger partial charge in [0.25, 0.3) is 0 Å². The molecule has 4 heteroatoms. The fourth-order valence-corrected chi connectivity index (χ4v) is 2.38. The second-order valence-electron chi connectivity index (χ2n) is 4.18. The highest BCUT2D eigenvalue weighted by molar-refractivity contribution is 6.30. The van der Waals surface area contributed by atoms with E-state index in [4.69, 9.17) is 16.3 Å². The third-order valence-electron chi connectivity index (χ3n) is 3.07. The van der Waals surface area contributed by atoms with Gasteiger partial charge in [-0.25, -0.2) is 0 Å². The van der Waals surface area contributed by atoms with Crippen molar-refractivity contribution in [3.63, 3.8) is 0 Å². The third kappa shape index (κ3) is 3.85. The summed E-state index contributed by atoms with van der Waals surface area (Å²) in [7, 11) is 0. The summed E-state index contributed by atoms with van der Waals surface area (Å²) in [5.74, 6) is 0. The lowest BCUT2D eigenvalue weighted by atomic mass is 10.0. The first kappa shape index (κ1) is 14.8. The van der Waals surface area contributed by atoms with E-state index in [0.29, 0.717) is 6.04 Å². The second-order valence-corrected chi connectivity index (χ2v) is 4.62. The van der Waals surface area contributed by atoms with E-state index in [1.165, 1.54) is 5.56 Å². The lowest BCUT2D eigenvalue weighted by molar-refractivity contribution is -0.0374. The predicted molar refractivity (Wildman–Crippen MR) is 73.9 cm³/mol. The van der Waals surface area contributed by atoms with E-state index in [1.807, 2.05) is 12.1 Å². The minimum atomic E-state index is 0. The summed E-state index contributed by atoms with van der Waals surface area (Å²) in [4.78, 5) is 2.40. The van der Waals surface area contributed by atoms with Crippen molar-refractivity contribution in [1.29, 1.82) is 0 Å². The molecule has 0 amide bonds. The van der Waals surface area contributed by atoms with Crippen molar-refractivity contribution in [3.05, 3.63) is 34.9 Å². The number of nitrogens with zero attached hydrogens (tertiary/aromatic N) is 1. The normalized spacial score (nSPS) is 18.5. The topological polar surface area (TPSA) is 12.5 Å². The minimum Gasteiger partial charge on any atom is -0.366 e. The molecular weight excluding hydrogens is 257 g/mol. The molecular formula is C13H19Cl2NO. The molecule has 0 aliphatic carbocycles. The monoisotopic (exact) mass is 275 g/mol. The van der Waals surface area contributed by atoms with Crippen LogP contribution in [0.3, 0.4) is 0 Å². The van der Waals surface area contributed by atoms with Crippen LogP contribution < -0.4 is 0 Å². The number of hydrogen-bond acceptors (Lipinski definition) is 2. The van der Waals surface area contributed by atoms with E-state index >= 15 is 0 Å². The number of rotatable bonds is 3. The van der Waals surface area contributed by atoms with Crippen molar-refractivity contribution in [3.8, 4) is 0 Å². The van der Waals surface area contributed by atoms with E-state index in [0.717, 1.165) is 37.7 Å². The highest BCUT2D eigenvalue weighted by Crippen LogP contribution is 2.26. The first-order chi connectivity index (χ1) is 7.81. The van der Waals surface area contributed by atoms with Crippen molar-refractivity contribution in [2.75, 3.05) is 19.9 Å². The molecule has 0 aromatic heterocycles. The Morgan fingerprint density at radius 3 is 2.59 bits per heavy atom. The summed E-state index contributed by atoms with van der Waals surface area (Å²) in [6.45, 7) is 4.99. The van der Waals surface area contributed by atoms with Gasteiger partial charge in [-0.2, -0.15) is 0 Å². The fourth-order valence-electron chi connectivity index (χ4n) is 2.25. The lowest BCUT2D eigenvalue weighted by Crippen LogP contribution is -2.36. The van der Waals surface area contributed by atoms with Crippen LogP contribution in [0.1, 0.15) is 31.4 Å². The maximum atomic E-state index is 5.91. The highest BCUT2D eigenvalue weighted by Gasteiger charge is 2.20. The molecule has 1 saturated heterocycles. The van der Waals surface area contributed by atoms with Crippen LogP contribution in [-0.4, -0.2) is 24.8 Å². The first-order valence-corrected chi connectivity index (χ1v) is 6.26. The minimum absolute atomic E-state index is 0. The van der Waals surface area contributed by atoms with Gasteiger partial charge < -0.3 is 4.74 Å². The Morgan fingerprint density at radius 1 is 1.35 bits per heavy atom. The molecule has 0 saturated carbocycles. The maximum Gasteiger partial charge on any atom is 0.0995 e. The average molecular weight is 276 g/mol. The second kappa shape index (κ2) is 7.22. The van der Waals surface area contributed by atoms with Crippen molar-refractivity contribution in [1.82, 2.24) is 4.90 Å². The molecule has 1 atom stereocenters. The van der Waals surface area contributed by atoms with Crippen molar-refractivity contribution < 1.29 is 4.74 Å². The van der Waals surface area contributed by atoms with Gasteiger partial charge in [-0.15, -0.1) is 12.4 Å². The van der Waals surface area contributed by atoms with Crippen LogP contribution in [0.5, 0.6) is 0 Å². The molecule has 0 spiro atoms. The zero-order valence-electron chi connectivity index (χ0n) is 10.1. The molecule has 0 N–H and O–H groups in total. The number of halogens is 2. The van der Waals surface area contributed by atoms with Crippen LogP contribution in [-0.2, 0) is 4.74 Å². The third-order valence-corrected chi connectivity index (χ3v) is 3.33. The van der Waals surface area contributed by atoms with Gasteiger partial charge in [-0.1, -0.05) is 30.7 Å². The van der Waals surface area contributed by atoms with E-state index < -0.39 is 0 Å². The first-order valence-electron chi connectivity index (χ1n) is 5.88. The van der Waals surface area contributed by atoms with Gasteiger partial charge in [0.15, 0.2) is 0 Å². The quantitative estimate of drug-likeness (QED) is 0.830. The number of hydrogen-bond donors (Lipinski definition) is 0. The van der Waals surface area contributed by atoms with Crippen LogP contribution in [0.2, 0.25) is 5.02 Å². The molecule has 1 aromatic rings. The van der Waals surface area contributed by atoms with Crippen LogP contribution in [0, 0.1) is 0 Å². The Balaban J connectivity index is 0.00000144. The van der Waals surface area contributed by atoms with Gasteiger partial charge >= 0.3 is 0 Å². The summed E-state index contributed by atoms with van der Waals surface area (Å²) in [6.07, 6.45) is 2.23. The van der Waals surface area contributed by atoms with Crippen LogP contribution in [0.25, 0.3) is 0 Å². The average Bonchev–Trinajstić information content (AvgIpc) is 2.34. The van der Waals surface area contributed by atoms with E-state index in [-0.39, 0.29) is 12.4 Å². The van der Waals surface area contributed by atoms with E-state index in [1.54, 1.807) is 0 Å². The Kier molecular flexibility index (Phi) is 6.28. The maximum absolute atomic E-state index is 5.91. The molecule has 1 aliphatic heterocycles. The van der Waals surface area contributed by atoms with Crippen LogP contribution in [0.4, 0.5) is 0 Å². The fraction of sp³-hybridized carbons (Fsp3) is 0.538. The molecule has 1 unspecified atom stereocenters. The van der Waals surface area contributed by atoms with Gasteiger partial charge in [-0.05, 0) is 30.5 Å². The molecule has 1 aromatic carbocycles. The largest absolute Gasteiger partial charge is 0.366 e. The van der Waals surface area contributed by atoms with Crippen molar-refractivity contribution in [2.45, 2.75) is 25.8 Å².